The number of hydrogen-bond donors (Lipinski definition) is 2. The third-order valence-corrected chi connectivity index (χ3v) is 4.28. The molecule has 136 valence electrons. The molecule has 2 rings (SSSR count). The van der Waals surface area contributed by atoms with Gasteiger partial charge in [-0.1, -0.05) is 46.1 Å². The maximum absolute atomic E-state index is 4.74. The van der Waals surface area contributed by atoms with Gasteiger partial charge in [-0.2, -0.15) is 4.98 Å². The Morgan fingerprint density at radius 3 is 2.56 bits per heavy atom. The van der Waals surface area contributed by atoms with Crippen molar-refractivity contribution in [1.82, 2.24) is 15.0 Å². The second-order valence-electron chi connectivity index (χ2n) is 6.34. The van der Waals surface area contributed by atoms with E-state index in [9.17, 15) is 0 Å². The fraction of sp³-hybridized carbons (Fsp3) is 0.550. The lowest BCUT2D eigenvalue weighted by atomic mass is 10.1. The summed E-state index contributed by atoms with van der Waals surface area (Å²) in [5.41, 5.74) is 1.85. The average Bonchev–Trinajstić information content (AvgIpc) is 2.66. The van der Waals surface area contributed by atoms with Gasteiger partial charge in [0.15, 0.2) is 0 Å². The Bertz CT molecular complexity index is 615. The van der Waals surface area contributed by atoms with E-state index in [0.29, 0.717) is 12.0 Å². The van der Waals surface area contributed by atoms with Crippen molar-refractivity contribution in [2.45, 2.75) is 65.3 Å². The molecule has 0 aliphatic carbocycles. The lowest BCUT2D eigenvalue weighted by Crippen LogP contribution is -2.20. The van der Waals surface area contributed by atoms with Crippen LogP contribution in [-0.4, -0.2) is 27.5 Å². The molecule has 2 heterocycles. The molecule has 0 saturated heterocycles. The van der Waals surface area contributed by atoms with Crippen molar-refractivity contribution in [3.05, 3.63) is 30.6 Å². The highest BCUT2D eigenvalue weighted by molar-refractivity contribution is 5.72. The summed E-state index contributed by atoms with van der Waals surface area (Å²) in [6.45, 7) is 7.52. The summed E-state index contributed by atoms with van der Waals surface area (Å²) in [5, 5.41) is 6.95. The molecule has 0 bridgehead atoms. The van der Waals surface area contributed by atoms with Gasteiger partial charge in [-0.25, -0.2) is 4.98 Å². The van der Waals surface area contributed by atoms with Gasteiger partial charge in [0.2, 0.25) is 5.95 Å². The molecule has 25 heavy (non-hydrogen) atoms. The van der Waals surface area contributed by atoms with E-state index in [4.69, 9.17) is 4.98 Å². The summed E-state index contributed by atoms with van der Waals surface area (Å²) in [6, 6.07) is 6.34. The molecule has 5 nitrogen and oxygen atoms in total. The lowest BCUT2D eigenvalue weighted by Gasteiger charge is -2.20. The van der Waals surface area contributed by atoms with Gasteiger partial charge < -0.3 is 10.6 Å². The SMILES string of the molecule is CCCCNc1ncc(-c2ccccn2)c(NC(CC)CCCC)n1. The van der Waals surface area contributed by atoms with E-state index >= 15 is 0 Å². The number of nitrogens with one attached hydrogen (secondary N) is 2. The monoisotopic (exact) mass is 341 g/mol. The minimum Gasteiger partial charge on any atom is -0.367 e. The number of hydrogen-bond acceptors (Lipinski definition) is 5. The van der Waals surface area contributed by atoms with E-state index in [1.54, 1.807) is 6.20 Å². The molecule has 2 N–H and O–H groups in total. The minimum absolute atomic E-state index is 0.417. The Morgan fingerprint density at radius 1 is 1.04 bits per heavy atom. The Kier molecular flexibility index (Phi) is 8.16. The number of pyridine rings is 1. The average molecular weight is 342 g/mol. The second-order valence-corrected chi connectivity index (χ2v) is 6.34. The van der Waals surface area contributed by atoms with Crippen molar-refractivity contribution in [3.63, 3.8) is 0 Å². The maximum atomic E-state index is 4.74. The van der Waals surface area contributed by atoms with Crippen LogP contribution in [0.4, 0.5) is 11.8 Å². The van der Waals surface area contributed by atoms with Gasteiger partial charge in [0.05, 0.1) is 11.3 Å². The van der Waals surface area contributed by atoms with Crippen LogP contribution in [0.2, 0.25) is 0 Å². The molecule has 0 radical (unpaired) electrons. The highest BCUT2D eigenvalue weighted by Gasteiger charge is 2.14. The van der Waals surface area contributed by atoms with E-state index in [1.165, 1.54) is 12.8 Å². The quantitative estimate of drug-likeness (QED) is 0.555. The lowest BCUT2D eigenvalue weighted by molar-refractivity contribution is 0.591. The van der Waals surface area contributed by atoms with Crippen LogP contribution in [0.25, 0.3) is 11.3 Å². The van der Waals surface area contributed by atoms with E-state index in [-0.39, 0.29) is 0 Å². The first-order valence-corrected chi connectivity index (χ1v) is 9.57. The van der Waals surface area contributed by atoms with Crippen molar-refractivity contribution in [1.29, 1.82) is 0 Å². The minimum atomic E-state index is 0.417. The zero-order chi connectivity index (χ0) is 17.9. The van der Waals surface area contributed by atoms with Gasteiger partial charge in [0.25, 0.3) is 0 Å². The van der Waals surface area contributed by atoms with Crippen molar-refractivity contribution in [2.24, 2.45) is 0 Å². The highest BCUT2D eigenvalue weighted by Crippen LogP contribution is 2.26. The standard InChI is InChI=1S/C20H31N5/c1-4-7-11-16(6-3)24-19-17(18-12-9-10-14-21-18)15-23-20(25-19)22-13-8-5-2/h9-10,12,14-16H,4-8,11,13H2,1-3H3,(H2,22,23,24,25). The van der Waals surface area contributed by atoms with Gasteiger partial charge in [0.1, 0.15) is 5.82 Å². The van der Waals surface area contributed by atoms with Crippen molar-refractivity contribution in [3.8, 4) is 11.3 Å². The Balaban J connectivity index is 2.25. The van der Waals surface area contributed by atoms with Crippen LogP contribution in [0.3, 0.4) is 0 Å². The van der Waals surface area contributed by atoms with Crippen LogP contribution in [0, 0.1) is 0 Å². The number of rotatable bonds is 11. The normalized spacial score (nSPS) is 12.0. The Labute approximate surface area is 151 Å². The smallest absolute Gasteiger partial charge is 0.224 e. The predicted molar refractivity (Wildman–Crippen MR) is 106 cm³/mol. The molecule has 1 atom stereocenters. The van der Waals surface area contributed by atoms with E-state index in [0.717, 1.165) is 49.3 Å². The zero-order valence-corrected chi connectivity index (χ0v) is 15.8. The van der Waals surface area contributed by atoms with Gasteiger partial charge in [0, 0.05) is 25.0 Å². The van der Waals surface area contributed by atoms with E-state index < -0.39 is 0 Å². The Hall–Kier alpha value is -2.17. The molecule has 2 aromatic heterocycles. The molecule has 5 heteroatoms. The predicted octanol–water partition coefficient (Wildman–Crippen LogP) is 5.13. The zero-order valence-electron chi connectivity index (χ0n) is 15.8. The topological polar surface area (TPSA) is 62.7 Å². The van der Waals surface area contributed by atoms with Crippen molar-refractivity contribution >= 4 is 11.8 Å². The van der Waals surface area contributed by atoms with Crippen LogP contribution in [0.5, 0.6) is 0 Å². The largest absolute Gasteiger partial charge is 0.367 e. The van der Waals surface area contributed by atoms with Gasteiger partial charge in [-0.15, -0.1) is 0 Å². The summed E-state index contributed by atoms with van der Waals surface area (Å²) >= 11 is 0. The first-order valence-electron chi connectivity index (χ1n) is 9.57. The fourth-order valence-electron chi connectivity index (χ4n) is 2.69. The summed E-state index contributed by atoms with van der Waals surface area (Å²) in [7, 11) is 0. The van der Waals surface area contributed by atoms with Crippen molar-refractivity contribution < 1.29 is 0 Å². The summed E-state index contributed by atoms with van der Waals surface area (Å²) < 4.78 is 0. The molecule has 0 aliphatic heterocycles. The molecular formula is C20H31N5. The fourth-order valence-corrected chi connectivity index (χ4v) is 2.69. The third kappa shape index (κ3) is 6.00. The third-order valence-electron chi connectivity index (χ3n) is 4.28. The van der Waals surface area contributed by atoms with Crippen LogP contribution >= 0.6 is 0 Å². The molecule has 1 unspecified atom stereocenters. The van der Waals surface area contributed by atoms with Gasteiger partial charge in [-0.3, -0.25) is 4.98 Å². The van der Waals surface area contributed by atoms with Gasteiger partial charge in [-0.05, 0) is 31.4 Å². The van der Waals surface area contributed by atoms with E-state index in [2.05, 4.69) is 41.4 Å². The first-order chi connectivity index (χ1) is 12.3. The number of nitrogens with zero attached hydrogens (tertiary/aromatic N) is 3. The summed E-state index contributed by atoms with van der Waals surface area (Å²) in [5.74, 6) is 1.55. The van der Waals surface area contributed by atoms with Crippen LogP contribution < -0.4 is 10.6 Å². The number of aromatic nitrogens is 3. The second kappa shape index (κ2) is 10.6. The first kappa shape index (κ1) is 19.2. The van der Waals surface area contributed by atoms with Crippen LogP contribution in [0.1, 0.15) is 59.3 Å². The highest BCUT2D eigenvalue weighted by atomic mass is 15.1. The molecule has 0 aromatic carbocycles. The van der Waals surface area contributed by atoms with Crippen LogP contribution in [0.15, 0.2) is 30.6 Å². The summed E-state index contributed by atoms with van der Waals surface area (Å²) in [4.78, 5) is 13.7. The van der Waals surface area contributed by atoms with Crippen molar-refractivity contribution in [2.75, 3.05) is 17.2 Å². The molecular weight excluding hydrogens is 310 g/mol. The van der Waals surface area contributed by atoms with Gasteiger partial charge >= 0.3 is 0 Å². The van der Waals surface area contributed by atoms with E-state index in [1.807, 2.05) is 24.4 Å². The number of anilines is 2. The molecule has 0 aliphatic rings. The van der Waals surface area contributed by atoms with Crippen LogP contribution in [-0.2, 0) is 0 Å². The Morgan fingerprint density at radius 2 is 1.88 bits per heavy atom. The molecule has 0 saturated carbocycles. The summed E-state index contributed by atoms with van der Waals surface area (Å²) in [6.07, 6.45) is 10.6. The number of unbranched alkanes of at least 4 members (excludes halogenated alkanes) is 2. The molecule has 0 fully saturated rings. The molecule has 0 amide bonds. The molecule has 0 spiro atoms. The molecule has 2 aromatic rings. The maximum Gasteiger partial charge on any atom is 0.224 e.